The maximum Gasteiger partial charge on any atom is 0.293 e. The molecule has 30 heavy (non-hydrogen) atoms. The van der Waals surface area contributed by atoms with Gasteiger partial charge in [-0.2, -0.15) is 0 Å². The summed E-state index contributed by atoms with van der Waals surface area (Å²) in [4.78, 5) is 33.8. The van der Waals surface area contributed by atoms with Gasteiger partial charge in [0.05, 0.1) is 4.92 Å². The highest BCUT2D eigenvalue weighted by Crippen LogP contribution is 2.28. The van der Waals surface area contributed by atoms with E-state index >= 15 is 0 Å². The summed E-state index contributed by atoms with van der Waals surface area (Å²) in [7, 11) is 3.42. The number of nitrogens with zero attached hydrogens (tertiary/aromatic N) is 4. The van der Waals surface area contributed by atoms with E-state index in [-0.39, 0.29) is 11.3 Å². The van der Waals surface area contributed by atoms with E-state index in [9.17, 15) is 14.9 Å². The van der Waals surface area contributed by atoms with Gasteiger partial charge in [-0.3, -0.25) is 14.9 Å². The summed E-state index contributed by atoms with van der Waals surface area (Å²) in [5, 5.41) is 17.2. The van der Waals surface area contributed by atoms with E-state index in [1.807, 2.05) is 26.0 Å². The third-order valence-corrected chi connectivity index (χ3v) is 4.27. The van der Waals surface area contributed by atoms with Gasteiger partial charge in [0, 0.05) is 48.5 Å². The van der Waals surface area contributed by atoms with Crippen molar-refractivity contribution in [2.24, 2.45) is 0 Å². The summed E-state index contributed by atoms with van der Waals surface area (Å²) in [6.07, 6.45) is 0. The Balaban J connectivity index is 1.80. The van der Waals surface area contributed by atoms with Crippen molar-refractivity contribution in [3.05, 3.63) is 75.6 Å². The number of anilines is 4. The van der Waals surface area contributed by atoms with E-state index in [0.29, 0.717) is 23.0 Å². The third-order valence-electron chi connectivity index (χ3n) is 4.27. The third kappa shape index (κ3) is 4.88. The van der Waals surface area contributed by atoms with E-state index in [4.69, 9.17) is 0 Å². The molecule has 0 atom stereocenters. The molecule has 0 aliphatic rings. The minimum atomic E-state index is -0.500. The number of aromatic nitrogens is 2. The van der Waals surface area contributed by atoms with Crippen LogP contribution in [0.4, 0.5) is 28.7 Å². The Morgan fingerprint density at radius 2 is 1.67 bits per heavy atom. The molecule has 3 aromatic rings. The van der Waals surface area contributed by atoms with Gasteiger partial charge < -0.3 is 15.5 Å². The van der Waals surface area contributed by atoms with Crippen molar-refractivity contribution >= 4 is 34.6 Å². The SMILES string of the molecule is Cc1cc(C)nc(Nc2cccc(NC(=O)c3ccc(N(C)C)c([N+](=O)[O-])c3)c2)n1. The second kappa shape index (κ2) is 8.56. The van der Waals surface area contributed by atoms with E-state index < -0.39 is 10.8 Å². The van der Waals surface area contributed by atoms with Crippen LogP contribution in [-0.2, 0) is 0 Å². The quantitative estimate of drug-likeness (QED) is 0.469. The van der Waals surface area contributed by atoms with Gasteiger partial charge >= 0.3 is 0 Å². The summed E-state index contributed by atoms with van der Waals surface area (Å²) < 4.78 is 0. The van der Waals surface area contributed by atoms with Crippen LogP contribution in [0.3, 0.4) is 0 Å². The zero-order chi connectivity index (χ0) is 21.8. The summed E-state index contributed by atoms with van der Waals surface area (Å²) >= 11 is 0. The molecule has 2 aromatic carbocycles. The molecular weight excluding hydrogens is 384 g/mol. The van der Waals surface area contributed by atoms with Crippen molar-refractivity contribution in [3.8, 4) is 0 Å². The highest BCUT2D eigenvalue weighted by molar-refractivity contribution is 6.05. The summed E-state index contributed by atoms with van der Waals surface area (Å²) in [5.74, 6) is 0.0223. The molecule has 1 amide bonds. The lowest BCUT2D eigenvalue weighted by molar-refractivity contribution is -0.384. The first-order valence-electron chi connectivity index (χ1n) is 9.19. The number of benzene rings is 2. The lowest BCUT2D eigenvalue weighted by Crippen LogP contribution is -2.15. The van der Waals surface area contributed by atoms with E-state index in [2.05, 4.69) is 20.6 Å². The van der Waals surface area contributed by atoms with Gasteiger partial charge in [0.2, 0.25) is 5.95 Å². The van der Waals surface area contributed by atoms with E-state index in [1.54, 1.807) is 49.3 Å². The molecule has 3 rings (SSSR count). The van der Waals surface area contributed by atoms with Gasteiger partial charge in [-0.05, 0) is 50.2 Å². The number of hydrogen-bond acceptors (Lipinski definition) is 7. The predicted molar refractivity (Wildman–Crippen MR) is 117 cm³/mol. The largest absolute Gasteiger partial charge is 0.372 e. The molecular formula is C21H22N6O3. The summed E-state index contributed by atoms with van der Waals surface area (Å²) in [5.41, 5.74) is 3.42. The van der Waals surface area contributed by atoms with Gasteiger partial charge in [-0.1, -0.05) is 6.07 Å². The zero-order valence-electron chi connectivity index (χ0n) is 17.1. The number of hydrogen-bond donors (Lipinski definition) is 2. The molecule has 0 unspecified atom stereocenters. The molecule has 0 fully saturated rings. The molecule has 0 saturated heterocycles. The van der Waals surface area contributed by atoms with Gasteiger partial charge in [0.15, 0.2) is 0 Å². The summed E-state index contributed by atoms with van der Waals surface area (Å²) in [6, 6.07) is 13.3. The number of carbonyl (C=O) groups is 1. The van der Waals surface area contributed by atoms with Gasteiger partial charge in [0.1, 0.15) is 5.69 Å². The number of rotatable bonds is 6. The monoisotopic (exact) mass is 406 g/mol. The molecule has 0 spiro atoms. The fourth-order valence-electron chi connectivity index (χ4n) is 2.98. The molecule has 9 nitrogen and oxygen atoms in total. The first-order chi connectivity index (χ1) is 14.2. The van der Waals surface area contributed by atoms with Crippen LogP contribution in [0.25, 0.3) is 0 Å². The van der Waals surface area contributed by atoms with Crippen molar-refractivity contribution in [2.45, 2.75) is 13.8 Å². The van der Waals surface area contributed by atoms with Crippen molar-refractivity contribution in [1.82, 2.24) is 9.97 Å². The minimum Gasteiger partial charge on any atom is -0.372 e. The smallest absolute Gasteiger partial charge is 0.293 e. The Morgan fingerprint density at radius 3 is 2.30 bits per heavy atom. The van der Waals surface area contributed by atoms with Gasteiger partial charge in [0.25, 0.3) is 11.6 Å². The molecule has 0 saturated carbocycles. The molecule has 0 aliphatic carbocycles. The molecule has 1 heterocycles. The van der Waals surface area contributed by atoms with Crippen LogP contribution >= 0.6 is 0 Å². The van der Waals surface area contributed by atoms with Gasteiger partial charge in [-0.25, -0.2) is 9.97 Å². The Labute approximate surface area is 173 Å². The fraction of sp³-hybridized carbons (Fsp3) is 0.190. The lowest BCUT2D eigenvalue weighted by atomic mass is 10.1. The Kier molecular flexibility index (Phi) is 5.91. The predicted octanol–water partition coefficient (Wildman–Crippen LogP) is 4.06. The number of aryl methyl sites for hydroxylation is 2. The second-order valence-electron chi connectivity index (χ2n) is 6.99. The maximum absolute atomic E-state index is 12.6. The lowest BCUT2D eigenvalue weighted by Gasteiger charge is -2.13. The molecule has 0 bridgehead atoms. The highest BCUT2D eigenvalue weighted by atomic mass is 16.6. The van der Waals surface area contributed by atoms with Gasteiger partial charge in [-0.15, -0.1) is 0 Å². The van der Waals surface area contributed by atoms with Crippen molar-refractivity contribution in [2.75, 3.05) is 29.6 Å². The molecule has 1 aromatic heterocycles. The molecule has 2 N–H and O–H groups in total. The summed E-state index contributed by atoms with van der Waals surface area (Å²) in [6.45, 7) is 3.77. The Morgan fingerprint density at radius 1 is 1.00 bits per heavy atom. The number of nitro groups is 1. The van der Waals surface area contributed by atoms with E-state index in [1.165, 1.54) is 6.07 Å². The first-order valence-corrected chi connectivity index (χ1v) is 9.19. The first kappa shape index (κ1) is 20.7. The Hall–Kier alpha value is -4.01. The van der Waals surface area contributed by atoms with Crippen molar-refractivity contribution in [1.29, 1.82) is 0 Å². The Bertz CT molecular complexity index is 1090. The molecule has 9 heteroatoms. The zero-order valence-corrected chi connectivity index (χ0v) is 17.1. The van der Waals surface area contributed by atoms with Crippen LogP contribution in [0.5, 0.6) is 0 Å². The normalized spacial score (nSPS) is 10.4. The second-order valence-corrected chi connectivity index (χ2v) is 6.99. The topological polar surface area (TPSA) is 113 Å². The van der Waals surface area contributed by atoms with Crippen LogP contribution in [0.2, 0.25) is 0 Å². The number of nitro benzene ring substituents is 1. The van der Waals surface area contributed by atoms with Crippen LogP contribution in [0.15, 0.2) is 48.5 Å². The van der Waals surface area contributed by atoms with Crippen molar-refractivity contribution in [3.63, 3.8) is 0 Å². The number of nitrogens with one attached hydrogen (secondary N) is 2. The standard InChI is InChI=1S/C21H22N6O3/c1-13-10-14(2)23-21(22-13)25-17-7-5-6-16(12-17)24-20(28)15-8-9-18(26(3)4)19(11-15)27(29)30/h5-12H,1-4H3,(H,24,28)(H,22,23,25). The van der Waals surface area contributed by atoms with Crippen LogP contribution < -0.4 is 15.5 Å². The average Bonchev–Trinajstić information content (AvgIpc) is 2.66. The number of carbonyl (C=O) groups excluding carboxylic acids is 1. The van der Waals surface area contributed by atoms with Crippen LogP contribution in [0, 0.1) is 24.0 Å². The van der Waals surface area contributed by atoms with Crippen LogP contribution in [-0.4, -0.2) is 34.9 Å². The van der Waals surface area contributed by atoms with E-state index in [0.717, 1.165) is 11.4 Å². The van der Waals surface area contributed by atoms with Crippen molar-refractivity contribution < 1.29 is 9.72 Å². The fourth-order valence-corrected chi connectivity index (χ4v) is 2.98. The molecule has 0 aliphatic heterocycles. The minimum absolute atomic E-state index is 0.130. The average molecular weight is 406 g/mol. The molecule has 154 valence electrons. The highest BCUT2D eigenvalue weighted by Gasteiger charge is 2.19. The maximum atomic E-state index is 12.6. The molecule has 0 radical (unpaired) electrons. The van der Waals surface area contributed by atoms with Crippen LogP contribution in [0.1, 0.15) is 21.7 Å². The number of amides is 1.